The summed E-state index contributed by atoms with van der Waals surface area (Å²) in [5.41, 5.74) is -1.14. The lowest BCUT2D eigenvalue weighted by molar-refractivity contribution is -0.246. The molecule has 1 aromatic carbocycles. The van der Waals surface area contributed by atoms with Gasteiger partial charge in [0.05, 0.1) is 0 Å². The molecule has 13 heteroatoms. The van der Waals surface area contributed by atoms with Crippen LogP contribution in [0.4, 0.5) is 4.79 Å². The number of fused-ring (bicyclic) bond motifs is 1. The van der Waals surface area contributed by atoms with Crippen LogP contribution in [0.15, 0.2) is 30.3 Å². The van der Waals surface area contributed by atoms with Gasteiger partial charge in [-0.3, -0.25) is 24.1 Å². The van der Waals surface area contributed by atoms with Gasteiger partial charge in [0.1, 0.15) is 23.7 Å². The van der Waals surface area contributed by atoms with E-state index in [1.165, 1.54) is 9.96 Å². The maximum Gasteiger partial charge on any atom is 0.410 e. The van der Waals surface area contributed by atoms with Crippen LogP contribution < -0.4 is 16.0 Å². The molecule has 3 heterocycles. The minimum Gasteiger partial charge on any atom is -0.444 e. The summed E-state index contributed by atoms with van der Waals surface area (Å²) in [6.07, 6.45) is 2.43. The molecule has 314 valence electrons. The van der Waals surface area contributed by atoms with Crippen molar-refractivity contribution < 1.29 is 33.9 Å². The molecule has 4 rings (SSSR count). The molecule has 5 amide bonds. The normalized spacial score (nSPS) is 27.0. The minimum atomic E-state index is -0.971. The lowest BCUT2D eigenvalue weighted by atomic mass is 9.78. The quantitative estimate of drug-likeness (QED) is 0.272. The molecule has 0 aromatic heterocycles. The molecule has 0 saturated carbocycles. The van der Waals surface area contributed by atoms with Gasteiger partial charge < -0.3 is 30.8 Å². The van der Waals surface area contributed by atoms with Crippen molar-refractivity contribution in [3.05, 3.63) is 35.9 Å². The molecular weight excluding hydrogens is 713 g/mol. The van der Waals surface area contributed by atoms with Crippen LogP contribution in [-0.2, 0) is 30.3 Å². The Morgan fingerprint density at radius 3 is 2.12 bits per heavy atom. The van der Waals surface area contributed by atoms with Crippen molar-refractivity contribution in [2.75, 3.05) is 13.1 Å². The second-order valence-electron chi connectivity index (χ2n) is 19.4. The standard InChI is InChI=1S/C43H70N6O7/c1-27(2)22-34-38(52)45-32(23-29-16-13-12-14-17-29)39(53)47-20-15-18-33(47)37(51)46-36(28(3)4)30(19-21-48(34)40(54)56-41(5,6)7)24-35(50)44-31-25-42(8,9)49(55)43(10,11)26-31/h12-14,16-17,27-28,30-34,36,55H,15,18-26H2,1-11H3,(H,44,50)(H,45,52)(H,46,51)/t30?,32-,33+,34+,36+/m1/s1. The van der Waals surface area contributed by atoms with E-state index in [0.717, 1.165) is 5.56 Å². The average molecular weight is 783 g/mol. The smallest absolute Gasteiger partial charge is 0.410 e. The van der Waals surface area contributed by atoms with Crippen LogP contribution in [0.25, 0.3) is 0 Å². The summed E-state index contributed by atoms with van der Waals surface area (Å²) in [7, 11) is 0. The van der Waals surface area contributed by atoms with E-state index in [1.807, 2.05) is 85.7 Å². The fraction of sp³-hybridized carbons (Fsp3) is 0.744. The van der Waals surface area contributed by atoms with Crippen molar-refractivity contribution >= 4 is 29.7 Å². The molecular formula is C43H70N6O7. The van der Waals surface area contributed by atoms with Crippen LogP contribution in [0.1, 0.15) is 127 Å². The number of amides is 5. The van der Waals surface area contributed by atoms with Crippen molar-refractivity contribution in [1.29, 1.82) is 0 Å². The van der Waals surface area contributed by atoms with E-state index < -0.39 is 58.8 Å². The Kier molecular flexibility index (Phi) is 14.7. The van der Waals surface area contributed by atoms with Crippen LogP contribution in [0.3, 0.4) is 0 Å². The number of carbonyl (C=O) groups excluding carboxylic acids is 5. The molecule has 3 aliphatic rings. The minimum absolute atomic E-state index is 0.00363. The SMILES string of the molecule is CC(C)C[C@H]1C(=O)N[C@H](Cc2ccccc2)C(=O)N2CCC[C@H]2C(=O)N[C@@H](C(C)C)C(CC(=O)NC2CC(C)(C)N(O)C(C)(C)C2)CCN1C(=O)OC(C)(C)C. The van der Waals surface area contributed by atoms with Crippen molar-refractivity contribution in [2.24, 2.45) is 17.8 Å². The van der Waals surface area contributed by atoms with E-state index in [1.54, 1.807) is 25.7 Å². The van der Waals surface area contributed by atoms with Gasteiger partial charge in [0.15, 0.2) is 0 Å². The summed E-state index contributed by atoms with van der Waals surface area (Å²) in [6.45, 7) is 21.5. The van der Waals surface area contributed by atoms with Crippen LogP contribution >= 0.6 is 0 Å². The van der Waals surface area contributed by atoms with E-state index in [4.69, 9.17) is 4.74 Å². The highest BCUT2D eigenvalue weighted by atomic mass is 16.6. The molecule has 3 aliphatic heterocycles. The topological polar surface area (TPSA) is 161 Å². The molecule has 3 fully saturated rings. The fourth-order valence-corrected chi connectivity index (χ4v) is 9.04. The van der Waals surface area contributed by atoms with Gasteiger partial charge in [-0.25, -0.2) is 4.79 Å². The van der Waals surface area contributed by atoms with E-state index in [0.29, 0.717) is 45.1 Å². The summed E-state index contributed by atoms with van der Waals surface area (Å²) in [5.74, 6) is -1.84. The molecule has 1 unspecified atom stereocenters. The maximum atomic E-state index is 14.6. The van der Waals surface area contributed by atoms with Crippen LogP contribution in [0.5, 0.6) is 0 Å². The lowest BCUT2D eigenvalue weighted by Gasteiger charge is -2.51. The number of hydroxylamine groups is 2. The Bertz CT molecular complexity index is 1520. The van der Waals surface area contributed by atoms with Crippen molar-refractivity contribution in [2.45, 2.75) is 174 Å². The second-order valence-corrected chi connectivity index (χ2v) is 19.4. The van der Waals surface area contributed by atoms with Gasteiger partial charge in [-0.1, -0.05) is 58.0 Å². The molecule has 4 N–H and O–H groups in total. The monoisotopic (exact) mass is 783 g/mol. The molecule has 0 bridgehead atoms. The lowest BCUT2D eigenvalue weighted by Crippen LogP contribution is -2.63. The van der Waals surface area contributed by atoms with Crippen LogP contribution in [-0.4, -0.2) is 110 Å². The van der Waals surface area contributed by atoms with E-state index >= 15 is 0 Å². The highest BCUT2D eigenvalue weighted by Gasteiger charge is 2.46. The van der Waals surface area contributed by atoms with Gasteiger partial charge in [0, 0.05) is 49.1 Å². The highest BCUT2D eigenvalue weighted by molar-refractivity contribution is 5.94. The number of benzene rings is 1. The molecule has 0 aliphatic carbocycles. The molecule has 3 saturated heterocycles. The first-order valence-electron chi connectivity index (χ1n) is 20.7. The highest BCUT2D eigenvalue weighted by Crippen LogP contribution is 2.37. The van der Waals surface area contributed by atoms with Gasteiger partial charge in [-0.05, 0) is 110 Å². The third kappa shape index (κ3) is 11.7. The number of hydrogen-bond donors (Lipinski definition) is 4. The number of nitrogens with zero attached hydrogens (tertiary/aromatic N) is 3. The summed E-state index contributed by atoms with van der Waals surface area (Å²) in [6, 6.07) is 6.10. The van der Waals surface area contributed by atoms with Gasteiger partial charge in [0.2, 0.25) is 23.6 Å². The predicted molar refractivity (Wildman–Crippen MR) is 215 cm³/mol. The van der Waals surface area contributed by atoms with Gasteiger partial charge in [0.25, 0.3) is 0 Å². The van der Waals surface area contributed by atoms with Crippen molar-refractivity contribution in [3.8, 4) is 0 Å². The number of rotatable bonds is 8. The summed E-state index contributed by atoms with van der Waals surface area (Å²) in [4.78, 5) is 74.6. The zero-order valence-electron chi connectivity index (χ0n) is 35.8. The third-order valence-electron chi connectivity index (χ3n) is 11.5. The Labute approximate surface area is 335 Å². The molecule has 0 spiro atoms. The molecule has 13 nitrogen and oxygen atoms in total. The van der Waals surface area contributed by atoms with E-state index in [2.05, 4.69) is 16.0 Å². The van der Waals surface area contributed by atoms with Crippen LogP contribution in [0.2, 0.25) is 0 Å². The Hall–Kier alpha value is -3.71. The third-order valence-corrected chi connectivity index (χ3v) is 11.5. The van der Waals surface area contributed by atoms with Crippen LogP contribution in [0, 0.1) is 17.8 Å². The summed E-state index contributed by atoms with van der Waals surface area (Å²) >= 11 is 0. The van der Waals surface area contributed by atoms with Gasteiger partial charge >= 0.3 is 6.09 Å². The number of piperidine rings is 1. The first kappa shape index (κ1) is 45.0. The average Bonchev–Trinajstić information content (AvgIpc) is 3.57. The molecule has 5 atom stereocenters. The first-order valence-corrected chi connectivity index (χ1v) is 20.7. The number of hydrogen-bond acceptors (Lipinski definition) is 8. The summed E-state index contributed by atoms with van der Waals surface area (Å²) in [5, 5.41) is 21.8. The van der Waals surface area contributed by atoms with E-state index in [9.17, 15) is 29.2 Å². The molecule has 1 aromatic rings. The summed E-state index contributed by atoms with van der Waals surface area (Å²) < 4.78 is 5.92. The predicted octanol–water partition coefficient (Wildman–Crippen LogP) is 5.43. The number of nitrogens with one attached hydrogen (secondary N) is 3. The molecule has 0 radical (unpaired) electrons. The van der Waals surface area contributed by atoms with E-state index in [-0.39, 0.29) is 55.0 Å². The number of carbonyl (C=O) groups is 5. The zero-order valence-corrected chi connectivity index (χ0v) is 35.8. The molecule has 56 heavy (non-hydrogen) atoms. The maximum absolute atomic E-state index is 14.6. The fourth-order valence-electron chi connectivity index (χ4n) is 9.04. The largest absolute Gasteiger partial charge is 0.444 e. The second kappa shape index (κ2) is 18.3. The zero-order chi connectivity index (χ0) is 41.7. The number of ether oxygens (including phenoxy) is 1. The van der Waals surface area contributed by atoms with Gasteiger partial charge in [-0.2, -0.15) is 5.06 Å². The Morgan fingerprint density at radius 1 is 0.929 bits per heavy atom. The Morgan fingerprint density at radius 2 is 1.55 bits per heavy atom. The Balaban J connectivity index is 1.76. The van der Waals surface area contributed by atoms with Crippen molar-refractivity contribution in [1.82, 2.24) is 30.8 Å². The first-order chi connectivity index (χ1) is 26.0. The van der Waals surface area contributed by atoms with Gasteiger partial charge in [-0.15, -0.1) is 0 Å². The van der Waals surface area contributed by atoms with Crippen molar-refractivity contribution in [3.63, 3.8) is 0 Å².